The molecule has 2 rings (SSSR count). The third-order valence-corrected chi connectivity index (χ3v) is 4.66. The van der Waals surface area contributed by atoms with Crippen molar-refractivity contribution in [1.29, 1.82) is 5.26 Å². The highest BCUT2D eigenvalue weighted by Crippen LogP contribution is 2.15. The standard InChI is InChI=1S/C12H16N4O2S/c1-16-7-3-4-10(9-16)15-19(17,18)12-5-2-6-14-11(12)8-13/h2,5-6,10,15H,3-4,7,9H2,1H3. The van der Waals surface area contributed by atoms with Crippen LogP contribution in [0.2, 0.25) is 0 Å². The molecule has 0 spiro atoms. The van der Waals surface area contributed by atoms with E-state index in [2.05, 4.69) is 14.6 Å². The molecule has 1 saturated heterocycles. The lowest BCUT2D eigenvalue weighted by atomic mass is 10.1. The molecule has 102 valence electrons. The summed E-state index contributed by atoms with van der Waals surface area (Å²) in [6, 6.07) is 4.61. The molecule has 1 aromatic rings. The molecule has 0 amide bonds. The highest BCUT2D eigenvalue weighted by Gasteiger charge is 2.25. The van der Waals surface area contributed by atoms with Gasteiger partial charge >= 0.3 is 0 Å². The fourth-order valence-electron chi connectivity index (χ4n) is 2.24. The molecule has 19 heavy (non-hydrogen) atoms. The fourth-order valence-corrected chi connectivity index (χ4v) is 3.61. The number of hydrogen-bond acceptors (Lipinski definition) is 5. The lowest BCUT2D eigenvalue weighted by molar-refractivity contribution is 0.242. The molecule has 1 atom stereocenters. The first kappa shape index (κ1) is 13.9. The Morgan fingerprint density at radius 3 is 3.05 bits per heavy atom. The van der Waals surface area contributed by atoms with E-state index in [1.807, 2.05) is 13.1 Å². The van der Waals surface area contributed by atoms with Gasteiger partial charge in [-0.05, 0) is 38.6 Å². The summed E-state index contributed by atoms with van der Waals surface area (Å²) in [5.74, 6) is 0. The number of nitrogens with one attached hydrogen (secondary N) is 1. The maximum atomic E-state index is 12.3. The molecule has 1 N–H and O–H groups in total. The van der Waals surface area contributed by atoms with E-state index < -0.39 is 10.0 Å². The summed E-state index contributed by atoms with van der Waals surface area (Å²) in [5.41, 5.74) is -0.0702. The van der Waals surface area contributed by atoms with Gasteiger partial charge in [-0.15, -0.1) is 0 Å². The monoisotopic (exact) mass is 280 g/mol. The van der Waals surface area contributed by atoms with Crippen LogP contribution in [0, 0.1) is 11.3 Å². The Labute approximate surface area is 113 Å². The number of sulfonamides is 1. The van der Waals surface area contributed by atoms with Gasteiger partial charge in [-0.1, -0.05) is 0 Å². The van der Waals surface area contributed by atoms with Crippen molar-refractivity contribution in [2.24, 2.45) is 0 Å². The Morgan fingerprint density at radius 1 is 1.58 bits per heavy atom. The first-order valence-corrected chi connectivity index (χ1v) is 7.57. The Balaban J connectivity index is 2.21. The van der Waals surface area contributed by atoms with E-state index in [1.165, 1.54) is 18.3 Å². The van der Waals surface area contributed by atoms with Crippen LogP contribution in [0.5, 0.6) is 0 Å². The molecule has 0 aliphatic carbocycles. The van der Waals surface area contributed by atoms with Crippen LogP contribution in [0.25, 0.3) is 0 Å². The number of aromatic nitrogens is 1. The fraction of sp³-hybridized carbons (Fsp3) is 0.500. The molecule has 2 heterocycles. The van der Waals surface area contributed by atoms with Crippen molar-refractivity contribution in [3.05, 3.63) is 24.0 Å². The molecule has 1 fully saturated rings. The quantitative estimate of drug-likeness (QED) is 0.862. The van der Waals surface area contributed by atoms with Crippen LogP contribution in [-0.4, -0.2) is 44.5 Å². The molecule has 1 aliphatic heterocycles. The number of pyridine rings is 1. The molecule has 0 bridgehead atoms. The van der Waals surface area contributed by atoms with Crippen LogP contribution in [0.3, 0.4) is 0 Å². The second-order valence-corrected chi connectivity index (χ2v) is 6.37. The summed E-state index contributed by atoms with van der Waals surface area (Å²) in [7, 11) is -1.72. The van der Waals surface area contributed by atoms with Gasteiger partial charge in [0.1, 0.15) is 11.0 Å². The van der Waals surface area contributed by atoms with Crippen LogP contribution in [0.1, 0.15) is 18.5 Å². The first-order valence-electron chi connectivity index (χ1n) is 6.09. The molecular weight excluding hydrogens is 264 g/mol. The lowest BCUT2D eigenvalue weighted by Crippen LogP contribution is -2.46. The van der Waals surface area contributed by atoms with Crippen LogP contribution in [0.4, 0.5) is 0 Å². The van der Waals surface area contributed by atoms with Crippen LogP contribution in [-0.2, 0) is 10.0 Å². The van der Waals surface area contributed by atoms with E-state index in [9.17, 15) is 8.42 Å². The van der Waals surface area contributed by atoms with Gasteiger partial charge in [-0.2, -0.15) is 5.26 Å². The highest BCUT2D eigenvalue weighted by atomic mass is 32.2. The van der Waals surface area contributed by atoms with Gasteiger partial charge in [-0.25, -0.2) is 18.1 Å². The molecule has 6 nitrogen and oxygen atoms in total. The lowest BCUT2D eigenvalue weighted by Gasteiger charge is -2.29. The van der Waals surface area contributed by atoms with Crippen molar-refractivity contribution >= 4 is 10.0 Å². The average molecular weight is 280 g/mol. The van der Waals surface area contributed by atoms with Gasteiger partial charge in [-0.3, -0.25) is 0 Å². The SMILES string of the molecule is CN1CCCC(NS(=O)(=O)c2cccnc2C#N)C1. The normalized spacial score (nSPS) is 20.9. The van der Waals surface area contributed by atoms with Crippen molar-refractivity contribution in [3.8, 4) is 6.07 Å². The zero-order valence-corrected chi connectivity index (χ0v) is 11.5. The van der Waals surface area contributed by atoms with Crippen molar-refractivity contribution in [2.45, 2.75) is 23.8 Å². The molecule has 1 unspecified atom stereocenters. The molecule has 0 radical (unpaired) electrons. The Hall–Kier alpha value is -1.49. The minimum atomic E-state index is -3.69. The summed E-state index contributed by atoms with van der Waals surface area (Å²) < 4.78 is 27.2. The maximum Gasteiger partial charge on any atom is 0.243 e. The van der Waals surface area contributed by atoms with Gasteiger partial charge in [0, 0.05) is 18.8 Å². The van der Waals surface area contributed by atoms with Gasteiger partial charge < -0.3 is 4.90 Å². The second kappa shape index (κ2) is 5.65. The number of nitrogens with zero attached hydrogens (tertiary/aromatic N) is 3. The summed E-state index contributed by atoms with van der Waals surface area (Å²) in [4.78, 5) is 5.82. The minimum absolute atomic E-state index is 0.0503. The van der Waals surface area contributed by atoms with Crippen molar-refractivity contribution in [1.82, 2.24) is 14.6 Å². The first-order chi connectivity index (χ1) is 9.03. The number of piperidine rings is 1. The smallest absolute Gasteiger partial charge is 0.243 e. The largest absolute Gasteiger partial charge is 0.305 e. The summed E-state index contributed by atoms with van der Waals surface area (Å²) in [5, 5.41) is 8.92. The van der Waals surface area contributed by atoms with Gasteiger partial charge in [0.15, 0.2) is 5.69 Å². The number of hydrogen-bond donors (Lipinski definition) is 1. The molecule has 7 heteroatoms. The van der Waals surface area contributed by atoms with Crippen molar-refractivity contribution in [3.63, 3.8) is 0 Å². The van der Waals surface area contributed by atoms with Crippen LogP contribution >= 0.6 is 0 Å². The van der Waals surface area contributed by atoms with Crippen molar-refractivity contribution in [2.75, 3.05) is 20.1 Å². The van der Waals surface area contributed by atoms with Gasteiger partial charge in [0.05, 0.1) is 0 Å². The highest BCUT2D eigenvalue weighted by molar-refractivity contribution is 7.89. The zero-order chi connectivity index (χ0) is 13.9. The number of likely N-dealkylation sites (tertiary alicyclic amines) is 1. The predicted octanol–water partition coefficient (Wildman–Crippen LogP) is 0.326. The van der Waals surface area contributed by atoms with E-state index in [1.54, 1.807) is 0 Å². The third kappa shape index (κ3) is 3.29. The summed E-state index contributed by atoms with van der Waals surface area (Å²) >= 11 is 0. The Morgan fingerprint density at radius 2 is 2.37 bits per heavy atom. The van der Waals surface area contributed by atoms with Gasteiger partial charge in [0.2, 0.25) is 10.0 Å². The summed E-state index contributed by atoms with van der Waals surface area (Å²) in [6.45, 7) is 1.66. The average Bonchev–Trinajstić information content (AvgIpc) is 2.38. The van der Waals surface area contributed by atoms with E-state index in [0.717, 1.165) is 19.4 Å². The molecule has 0 saturated carbocycles. The van der Waals surface area contributed by atoms with Crippen LogP contribution < -0.4 is 4.72 Å². The second-order valence-electron chi connectivity index (χ2n) is 4.68. The van der Waals surface area contributed by atoms with Crippen LogP contribution in [0.15, 0.2) is 23.2 Å². The van der Waals surface area contributed by atoms with Crippen molar-refractivity contribution < 1.29 is 8.42 Å². The maximum absolute atomic E-state index is 12.3. The number of likely N-dealkylation sites (N-methyl/N-ethyl adjacent to an activating group) is 1. The predicted molar refractivity (Wildman–Crippen MR) is 69.8 cm³/mol. The minimum Gasteiger partial charge on any atom is -0.305 e. The van der Waals surface area contributed by atoms with E-state index in [-0.39, 0.29) is 16.6 Å². The summed E-state index contributed by atoms with van der Waals surface area (Å²) in [6.07, 6.45) is 3.18. The zero-order valence-electron chi connectivity index (χ0n) is 10.7. The van der Waals surface area contributed by atoms with E-state index in [4.69, 9.17) is 5.26 Å². The third-order valence-electron chi connectivity index (χ3n) is 3.11. The Bertz CT molecular complexity index is 594. The number of nitriles is 1. The molecule has 1 aliphatic rings. The van der Waals surface area contributed by atoms with Gasteiger partial charge in [0.25, 0.3) is 0 Å². The van der Waals surface area contributed by atoms with E-state index >= 15 is 0 Å². The Kier molecular flexibility index (Phi) is 4.14. The van der Waals surface area contributed by atoms with E-state index in [0.29, 0.717) is 6.54 Å². The molecule has 1 aromatic heterocycles. The number of rotatable bonds is 3. The topological polar surface area (TPSA) is 86.1 Å². The molecule has 0 aromatic carbocycles. The molecular formula is C12H16N4O2S.